The molecule has 3 heterocycles. The molecule has 0 saturated carbocycles. The van der Waals surface area contributed by atoms with E-state index in [1.807, 2.05) is 31.2 Å². The van der Waals surface area contributed by atoms with Gasteiger partial charge in [0.1, 0.15) is 17.3 Å². The van der Waals surface area contributed by atoms with Crippen molar-refractivity contribution in [2.24, 2.45) is 5.92 Å². The molecule has 1 aliphatic heterocycles. The van der Waals surface area contributed by atoms with Gasteiger partial charge in [-0.15, -0.1) is 0 Å². The highest BCUT2D eigenvalue weighted by molar-refractivity contribution is 6.12. The van der Waals surface area contributed by atoms with Gasteiger partial charge in [0, 0.05) is 41.7 Å². The molecule has 2 aromatic heterocycles. The Balaban J connectivity index is 0.00000300. The monoisotopic (exact) mass is 385 g/mol. The number of rotatable bonds is 6. The maximum Gasteiger partial charge on any atom is 0.215 e. The van der Waals surface area contributed by atoms with Gasteiger partial charge in [0.05, 0.1) is 5.56 Å². The van der Waals surface area contributed by atoms with E-state index in [4.69, 9.17) is 10.7 Å². The van der Waals surface area contributed by atoms with Gasteiger partial charge >= 0.3 is 0 Å². The number of ketones is 1. The third kappa shape index (κ3) is 4.57. The summed E-state index contributed by atoms with van der Waals surface area (Å²) in [6, 6.07) is 7.80. The van der Waals surface area contributed by atoms with E-state index < -0.39 is 0 Å². The van der Waals surface area contributed by atoms with E-state index in [0.717, 1.165) is 37.4 Å². The van der Waals surface area contributed by atoms with Crippen molar-refractivity contribution >= 4 is 23.5 Å². The maximum absolute atomic E-state index is 13.2. The second kappa shape index (κ2) is 8.97. The average molecular weight is 386 g/mol. The molecule has 0 aliphatic carbocycles. The van der Waals surface area contributed by atoms with Crippen molar-refractivity contribution in [2.45, 2.75) is 33.2 Å². The van der Waals surface area contributed by atoms with Gasteiger partial charge in [-0.3, -0.25) is 4.79 Å². The Labute approximate surface area is 171 Å². The molecule has 0 unspecified atom stereocenters. The highest BCUT2D eigenvalue weighted by atomic mass is 16.1. The standard InChI is InChI=1S/C22H29N5O.3H2/c1-4-6-16-8-9-19(27-12-11-24-17(14-27)13-15(2)3)26-20(16)21(28)18-7-5-10-25-22(18)23;;;/h4-10,15,17,24H,11-14H2,1-3H3,(H2,23,25);3*1H/b6-4+;;;/t17-;;;/m0.../s1. The van der Waals surface area contributed by atoms with Crippen molar-refractivity contribution in [1.82, 2.24) is 15.3 Å². The minimum atomic E-state index is -0.200. The van der Waals surface area contributed by atoms with Gasteiger partial charge in [0.25, 0.3) is 0 Å². The van der Waals surface area contributed by atoms with Gasteiger partial charge in [-0.1, -0.05) is 26.0 Å². The summed E-state index contributed by atoms with van der Waals surface area (Å²) in [7, 11) is 0. The Morgan fingerprint density at radius 1 is 1.43 bits per heavy atom. The first-order chi connectivity index (χ1) is 13.5. The number of nitrogens with one attached hydrogen (secondary N) is 1. The number of aromatic nitrogens is 2. The fourth-order valence-corrected chi connectivity index (χ4v) is 3.63. The molecule has 0 bridgehead atoms. The van der Waals surface area contributed by atoms with Crippen LogP contribution in [0, 0.1) is 5.92 Å². The molecule has 3 N–H and O–H groups in total. The number of nitrogen functional groups attached to an aromatic ring is 1. The third-order valence-corrected chi connectivity index (χ3v) is 4.89. The Bertz CT molecular complexity index is 876. The summed E-state index contributed by atoms with van der Waals surface area (Å²) in [5.41, 5.74) is 7.51. The topological polar surface area (TPSA) is 84.1 Å². The normalized spacial score (nSPS) is 17.4. The van der Waals surface area contributed by atoms with Gasteiger partial charge in [-0.2, -0.15) is 0 Å². The summed E-state index contributed by atoms with van der Waals surface area (Å²) < 4.78 is 0. The van der Waals surface area contributed by atoms with Gasteiger partial charge in [-0.05, 0) is 43.5 Å². The van der Waals surface area contributed by atoms with Crippen molar-refractivity contribution in [1.29, 1.82) is 0 Å². The summed E-state index contributed by atoms with van der Waals surface area (Å²) in [6.07, 6.45) is 6.50. The summed E-state index contributed by atoms with van der Waals surface area (Å²) in [4.78, 5) is 24.2. The van der Waals surface area contributed by atoms with Gasteiger partial charge in [0.2, 0.25) is 5.78 Å². The smallest absolute Gasteiger partial charge is 0.215 e. The van der Waals surface area contributed by atoms with E-state index in [2.05, 4.69) is 29.0 Å². The first-order valence-electron chi connectivity index (χ1n) is 9.86. The van der Waals surface area contributed by atoms with Crippen LogP contribution < -0.4 is 16.0 Å². The number of pyridine rings is 2. The Morgan fingerprint density at radius 2 is 2.25 bits per heavy atom. The average Bonchev–Trinajstić information content (AvgIpc) is 2.68. The van der Waals surface area contributed by atoms with E-state index in [1.165, 1.54) is 0 Å². The lowest BCUT2D eigenvalue weighted by atomic mass is 10.0. The highest BCUT2D eigenvalue weighted by Crippen LogP contribution is 2.23. The van der Waals surface area contributed by atoms with Crippen LogP contribution in [0.3, 0.4) is 0 Å². The van der Waals surface area contributed by atoms with E-state index in [-0.39, 0.29) is 15.9 Å². The molecule has 6 nitrogen and oxygen atoms in total. The van der Waals surface area contributed by atoms with Crippen molar-refractivity contribution < 1.29 is 9.07 Å². The summed E-state index contributed by atoms with van der Waals surface area (Å²) in [6.45, 7) is 9.06. The van der Waals surface area contributed by atoms with Crippen LogP contribution in [0.1, 0.15) is 53.1 Å². The van der Waals surface area contributed by atoms with Crippen LogP contribution >= 0.6 is 0 Å². The Hall–Kier alpha value is -2.73. The second-order valence-electron chi connectivity index (χ2n) is 7.60. The molecule has 3 rings (SSSR count). The number of nitrogens with zero attached hydrogens (tertiary/aromatic N) is 3. The summed E-state index contributed by atoms with van der Waals surface area (Å²) >= 11 is 0. The number of nitrogens with two attached hydrogens (primary N) is 1. The maximum atomic E-state index is 13.2. The SMILES string of the molecule is C/C=C/c1ccc(N2CCN[C@@H](CC(C)C)C2)nc1C(=O)c1cccnc1N.[HH].[HH].[HH]. The van der Waals surface area contributed by atoms with Crippen LogP contribution in [0.25, 0.3) is 6.08 Å². The molecule has 28 heavy (non-hydrogen) atoms. The minimum absolute atomic E-state index is 0. The Kier molecular flexibility index (Phi) is 6.41. The van der Waals surface area contributed by atoms with Crippen LogP contribution in [0.15, 0.2) is 36.5 Å². The van der Waals surface area contributed by atoms with E-state index in [0.29, 0.717) is 23.2 Å². The van der Waals surface area contributed by atoms with Gasteiger partial charge in [-0.25, -0.2) is 9.97 Å². The summed E-state index contributed by atoms with van der Waals surface area (Å²) in [5, 5.41) is 3.58. The van der Waals surface area contributed by atoms with Crippen molar-refractivity contribution in [2.75, 3.05) is 30.3 Å². The molecular formula is C22H35N5O. The van der Waals surface area contributed by atoms with Crippen molar-refractivity contribution in [3.8, 4) is 0 Å². The number of hydrogen-bond donors (Lipinski definition) is 2. The van der Waals surface area contributed by atoms with Crippen LogP contribution in [-0.2, 0) is 0 Å². The molecule has 0 spiro atoms. The quantitative estimate of drug-likeness (QED) is 0.734. The van der Waals surface area contributed by atoms with Crippen LogP contribution in [0.2, 0.25) is 0 Å². The van der Waals surface area contributed by atoms with Crippen molar-refractivity contribution in [3.63, 3.8) is 0 Å². The number of carbonyl (C=O) groups is 1. The zero-order valence-corrected chi connectivity index (χ0v) is 16.9. The number of carbonyl (C=O) groups excluding carboxylic acids is 1. The number of allylic oxidation sites excluding steroid dienone is 1. The lowest BCUT2D eigenvalue weighted by Gasteiger charge is -2.35. The minimum Gasteiger partial charge on any atom is -0.383 e. The van der Waals surface area contributed by atoms with Crippen LogP contribution in [0.4, 0.5) is 11.6 Å². The third-order valence-electron chi connectivity index (χ3n) is 4.89. The van der Waals surface area contributed by atoms with Crippen LogP contribution in [0.5, 0.6) is 0 Å². The molecule has 0 radical (unpaired) electrons. The molecule has 2 aromatic rings. The van der Waals surface area contributed by atoms with E-state index in [9.17, 15) is 4.79 Å². The molecule has 0 aromatic carbocycles. The zero-order valence-electron chi connectivity index (χ0n) is 16.9. The molecule has 6 heteroatoms. The first-order valence-corrected chi connectivity index (χ1v) is 9.86. The summed E-state index contributed by atoms with van der Waals surface area (Å²) in [5.74, 6) is 1.49. The lowest BCUT2D eigenvalue weighted by Crippen LogP contribution is -2.51. The molecule has 1 aliphatic rings. The lowest BCUT2D eigenvalue weighted by molar-refractivity contribution is 0.103. The fourth-order valence-electron chi connectivity index (χ4n) is 3.63. The van der Waals surface area contributed by atoms with Crippen LogP contribution in [-0.4, -0.2) is 41.4 Å². The molecule has 154 valence electrons. The first kappa shape index (κ1) is 20.0. The molecular weight excluding hydrogens is 350 g/mol. The predicted octanol–water partition coefficient (Wildman–Crippen LogP) is 3.89. The fraction of sp³-hybridized carbons (Fsp3) is 0.409. The van der Waals surface area contributed by atoms with Crippen molar-refractivity contribution in [3.05, 3.63) is 53.4 Å². The van der Waals surface area contributed by atoms with E-state index in [1.54, 1.807) is 18.3 Å². The highest BCUT2D eigenvalue weighted by Gasteiger charge is 2.23. The largest absolute Gasteiger partial charge is 0.383 e. The molecule has 1 atom stereocenters. The molecule has 0 amide bonds. The predicted molar refractivity (Wildman–Crippen MR) is 121 cm³/mol. The number of anilines is 2. The zero-order chi connectivity index (χ0) is 20.1. The molecule has 1 fully saturated rings. The van der Waals surface area contributed by atoms with Gasteiger partial charge in [0.15, 0.2) is 0 Å². The number of piperazine rings is 1. The second-order valence-corrected chi connectivity index (χ2v) is 7.60. The molecule has 1 saturated heterocycles. The van der Waals surface area contributed by atoms with Gasteiger partial charge < -0.3 is 16.0 Å². The Morgan fingerprint density at radius 3 is 2.96 bits per heavy atom. The van der Waals surface area contributed by atoms with E-state index >= 15 is 0 Å². The number of hydrogen-bond acceptors (Lipinski definition) is 6.